The molecule has 2 aliphatic rings. The van der Waals surface area contributed by atoms with Gasteiger partial charge in [-0.05, 0) is 17.2 Å². The zero-order valence-electron chi connectivity index (χ0n) is 7.90. The number of fused-ring (bicyclic) bond motifs is 2. The summed E-state index contributed by atoms with van der Waals surface area (Å²) in [7, 11) is 0. The van der Waals surface area contributed by atoms with Crippen molar-refractivity contribution in [2.75, 3.05) is 0 Å². The molecule has 1 aromatic heterocycles. The highest BCUT2D eigenvalue weighted by molar-refractivity contribution is 6.04. The Morgan fingerprint density at radius 1 is 0.867 bits per heavy atom. The molecule has 15 heavy (non-hydrogen) atoms. The van der Waals surface area contributed by atoms with E-state index in [-0.39, 0.29) is 0 Å². The monoisotopic (exact) mass is 193 g/mol. The SMILES string of the molecule is c1cc2c3c(noc3c1)-c1ccc-2cc1. The highest BCUT2D eigenvalue weighted by atomic mass is 16.5. The van der Waals surface area contributed by atoms with Crippen LogP contribution >= 0.6 is 0 Å². The summed E-state index contributed by atoms with van der Waals surface area (Å²) in [6.45, 7) is 0. The average molecular weight is 193 g/mol. The van der Waals surface area contributed by atoms with Crippen molar-refractivity contribution >= 4 is 11.0 Å². The van der Waals surface area contributed by atoms with Gasteiger partial charge in [-0.3, -0.25) is 0 Å². The molecule has 0 spiro atoms. The molecule has 0 N–H and O–H groups in total. The van der Waals surface area contributed by atoms with Crippen LogP contribution in [0.5, 0.6) is 0 Å². The summed E-state index contributed by atoms with van der Waals surface area (Å²) < 4.78 is 5.32. The molecule has 0 saturated heterocycles. The van der Waals surface area contributed by atoms with E-state index >= 15 is 0 Å². The standard InChI is InChI=1S/C13H7NO/c1-2-10-8-4-6-9(7-5-8)13-12(10)11(3-1)15-14-13/h1-7H. The van der Waals surface area contributed by atoms with Crippen molar-refractivity contribution in [2.45, 2.75) is 0 Å². The van der Waals surface area contributed by atoms with E-state index in [4.69, 9.17) is 4.52 Å². The molecule has 2 aromatic carbocycles. The van der Waals surface area contributed by atoms with Gasteiger partial charge in [0, 0.05) is 5.56 Å². The molecule has 70 valence electrons. The number of hydrogen-bond acceptors (Lipinski definition) is 2. The van der Waals surface area contributed by atoms with E-state index in [2.05, 4.69) is 35.5 Å². The lowest BCUT2D eigenvalue weighted by molar-refractivity contribution is 0.459. The Hall–Kier alpha value is -2.09. The van der Waals surface area contributed by atoms with Crippen LogP contribution in [-0.4, -0.2) is 5.16 Å². The first kappa shape index (κ1) is 7.23. The fraction of sp³-hybridized carbons (Fsp3) is 0. The van der Waals surface area contributed by atoms with Crippen molar-refractivity contribution in [1.82, 2.24) is 5.16 Å². The van der Waals surface area contributed by atoms with Gasteiger partial charge >= 0.3 is 0 Å². The van der Waals surface area contributed by atoms with E-state index in [1.807, 2.05) is 12.1 Å². The molecule has 2 heteroatoms. The van der Waals surface area contributed by atoms with Gasteiger partial charge in [-0.25, -0.2) is 0 Å². The molecule has 2 nitrogen and oxygen atoms in total. The third-order valence-corrected chi connectivity index (χ3v) is 2.97. The second-order valence-electron chi connectivity index (χ2n) is 3.79. The van der Waals surface area contributed by atoms with Gasteiger partial charge in [-0.1, -0.05) is 41.6 Å². The van der Waals surface area contributed by atoms with Crippen LogP contribution in [-0.2, 0) is 0 Å². The minimum absolute atomic E-state index is 0.866. The fourth-order valence-corrected chi connectivity index (χ4v) is 2.24. The van der Waals surface area contributed by atoms with E-state index < -0.39 is 0 Å². The van der Waals surface area contributed by atoms with Gasteiger partial charge in [0.25, 0.3) is 0 Å². The molecule has 2 bridgehead atoms. The molecule has 2 aliphatic carbocycles. The molecule has 0 aliphatic heterocycles. The smallest absolute Gasteiger partial charge is 0.168 e. The Labute approximate surface area is 86.1 Å². The van der Waals surface area contributed by atoms with E-state index in [0.29, 0.717) is 0 Å². The second kappa shape index (κ2) is 2.28. The molecule has 0 fully saturated rings. The van der Waals surface area contributed by atoms with Crippen molar-refractivity contribution in [3.63, 3.8) is 0 Å². The molecular weight excluding hydrogens is 186 g/mol. The molecule has 0 amide bonds. The maximum Gasteiger partial charge on any atom is 0.168 e. The predicted octanol–water partition coefficient (Wildman–Crippen LogP) is 3.48. The van der Waals surface area contributed by atoms with Gasteiger partial charge in [0.05, 0.1) is 5.39 Å². The van der Waals surface area contributed by atoms with Gasteiger partial charge in [-0.2, -0.15) is 0 Å². The van der Waals surface area contributed by atoms with E-state index in [0.717, 1.165) is 22.2 Å². The second-order valence-corrected chi connectivity index (χ2v) is 3.79. The summed E-state index contributed by atoms with van der Waals surface area (Å²) in [5.41, 5.74) is 5.39. The third-order valence-electron chi connectivity index (χ3n) is 2.97. The van der Waals surface area contributed by atoms with E-state index in [9.17, 15) is 0 Å². The maximum absolute atomic E-state index is 5.32. The molecule has 3 aromatic rings. The Morgan fingerprint density at radius 2 is 1.67 bits per heavy atom. The van der Waals surface area contributed by atoms with Crippen LogP contribution in [0.1, 0.15) is 0 Å². The Balaban J connectivity index is 2.38. The molecule has 0 atom stereocenters. The molecule has 1 heterocycles. The zero-order valence-corrected chi connectivity index (χ0v) is 7.90. The molecule has 0 saturated carbocycles. The summed E-state index contributed by atoms with van der Waals surface area (Å²) in [5, 5.41) is 5.27. The lowest BCUT2D eigenvalue weighted by atomic mass is 10.0. The normalized spacial score (nSPS) is 12.0. The fourth-order valence-electron chi connectivity index (χ4n) is 2.24. The van der Waals surface area contributed by atoms with Crippen molar-refractivity contribution in [2.24, 2.45) is 0 Å². The summed E-state index contributed by atoms with van der Waals surface area (Å²) in [6, 6.07) is 14.5. The number of aromatic nitrogens is 1. The van der Waals surface area contributed by atoms with Crippen LogP contribution in [0.4, 0.5) is 0 Å². The number of nitrogens with zero attached hydrogens (tertiary/aromatic N) is 1. The number of hydrogen-bond donors (Lipinski definition) is 0. The van der Waals surface area contributed by atoms with Crippen molar-refractivity contribution in [1.29, 1.82) is 0 Å². The largest absolute Gasteiger partial charge is 0.356 e. The van der Waals surface area contributed by atoms with E-state index in [1.165, 1.54) is 11.1 Å². The van der Waals surface area contributed by atoms with Crippen molar-refractivity contribution < 1.29 is 4.52 Å². The van der Waals surface area contributed by atoms with Crippen molar-refractivity contribution in [3.05, 3.63) is 42.5 Å². The van der Waals surface area contributed by atoms with Gasteiger partial charge in [0.2, 0.25) is 0 Å². The highest BCUT2D eigenvalue weighted by Crippen LogP contribution is 2.39. The lowest BCUT2D eigenvalue weighted by Gasteiger charge is -1.98. The van der Waals surface area contributed by atoms with Crippen molar-refractivity contribution in [3.8, 4) is 22.4 Å². The molecular formula is C13H7NO. The van der Waals surface area contributed by atoms with Gasteiger partial charge in [0.1, 0.15) is 5.69 Å². The number of benzene rings is 2. The third kappa shape index (κ3) is 0.773. The summed E-state index contributed by atoms with van der Waals surface area (Å²) >= 11 is 0. The summed E-state index contributed by atoms with van der Waals surface area (Å²) in [4.78, 5) is 0. The quantitative estimate of drug-likeness (QED) is 0.427. The maximum atomic E-state index is 5.32. The Kier molecular flexibility index (Phi) is 1.10. The first-order valence-corrected chi connectivity index (χ1v) is 4.93. The van der Waals surface area contributed by atoms with Crippen LogP contribution < -0.4 is 0 Å². The minimum Gasteiger partial charge on any atom is -0.356 e. The Morgan fingerprint density at radius 3 is 2.53 bits per heavy atom. The minimum atomic E-state index is 0.866. The van der Waals surface area contributed by atoms with Crippen LogP contribution in [0.15, 0.2) is 47.0 Å². The molecule has 0 unspecified atom stereocenters. The predicted molar refractivity (Wildman–Crippen MR) is 58.4 cm³/mol. The van der Waals surface area contributed by atoms with Gasteiger partial charge in [0.15, 0.2) is 5.58 Å². The number of rotatable bonds is 0. The van der Waals surface area contributed by atoms with Crippen LogP contribution in [0.25, 0.3) is 33.4 Å². The van der Waals surface area contributed by atoms with Crippen LogP contribution in [0, 0.1) is 0 Å². The van der Waals surface area contributed by atoms with Crippen LogP contribution in [0.2, 0.25) is 0 Å². The molecule has 5 rings (SSSR count). The lowest BCUT2D eigenvalue weighted by Crippen LogP contribution is -1.74. The topological polar surface area (TPSA) is 26.0 Å². The first-order valence-electron chi connectivity index (χ1n) is 4.93. The first-order chi connectivity index (χ1) is 7.43. The molecule has 0 radical (unpaired) electrons. The van der Waals surface area contributed by atoms with E-state index in [1.54, 1.807) is 0 Å². The van der Waals surface area contributed by atoms with Gasteiger partial charge in [-0.15, -0.1) is 0 Å². The average Bonchev–Trinajstić information content (AvgIpc) is 2.59. The summed E-state index contributed by atoms with van der Waals surface area (Å²) in [6.07, 6.45) is 0. The van der Waals surface area contributed by atoms with Gasteiger partial charge < -0.3 is 4.52 Å². The Bertz CT molecular complexity index is 665. The summed E-state index contributed by atoms with van der Waals surface area (Å²) in [5.74, 6) is 0. The van der Waals surface area contributed by atoms with Crippen LogP contribution in [0.3, 0.4) is 0 Å². The zero-order chi connectivity index (χ0) is 9.83. The highest BCUT2D eigenvalue weighted by Gasteiger charge is 2.18.